The zero-order valence-corrected chi connectivity index (χ0v) is 19.6. The monoisotopic (exact) mass is 463 g/mol. The first kappa shape index (κ1) is 23.8. The average molecular weight is 464 g/mol. The number of hydrogen-bond acceptors (Lipinski definition) is 4. The van der Waals surface area contributed by atoms with Crippen LogP contribution in [-0.2, 0) is 9.59 Å². The lowest BCUT2D eigenvalue weighted by atomic mass is 9.96. The van der Waals surface area contributed by atoms with Gasteiger partial charge in [0.05, 0.1) is 18.9 Å². The van der Waals surface area contributed by atoms with Crippen molar-refractivity contribution in [3.05, 3.63) is 60.2 Å². The van der Waals surface area contributed by atoms with Crippen molar-refractivity contribution in [3.8, 4) is 5.75 Å². The molecular weight excluding hydrogens is 430 g/mol. The number of ether oxygens (including phenoxy) is 1. The minimum absolute atomic E-state index is 0.00237. The Balaban J connectivity index is 1.28. The first-order chi connectivity index (χ1) is 16.6. The second-order valence-corrected chi connectivity index (χ2v) is 9.01. The van der Waals surface area contributed by atoms with Crippen molar-refractivity contribution in [1.82, 2.24) is 9.80 Å². The number of rotatable bonds is 7. The van der Waals surface area contributed by atoms with E-state index in [-0.39, 0.29) is 30.1 Å². The Morgan fingerprint density at radius 2 is 1.65 bits per heavy atom. The molecule has 3 amide bonds. The lowest BCUT2D eigenvalue weighted by molar-refractivity contribution is -0.135. The maximum absolute atomic E-state index is 12.9. The quantitative estimate of drug-likeness (QED) is 0.674. The molecule has 2 aromatic rings. The summed E-state index contributed by atoms with van der Waals surface area (Å²) in [5.41, 5.74) is 1.21. The van der Waals surface area contributed by atoms with Gasteiger partial charge in [-0.3, -0.25) is 14.4 Å². The topological polar surface area (TPSA) is 79.0 Å². The first-order valence-electron chi connectivity index (χ1n) is 12.3. The van der Waals surface area contributed by atoms with Gasteiger partial charge in [-0.15, -0.1) is 0 Å². The summed E-state index contributed by atoms with van der Waals surface area (Å²) in [7, 11) is 0. The number of carbonyl (C=O) groups excluding carboxylic acids is 3. The summed E-state index contributed by atoms with van der Waals surface area (Å²) < 4.78 is 5.64. The van der Waals surface area contributed by atoms with Gasteiger partial charge < -0.3 is 19.9 Å². The van der Waals surface area contributed by atoms with Crippen LogP contribution in [0.1, 0.15) is 48.9 Å². The molecule has 0 bridgehead atoms. The Bertz CT molecular complexity index is 988. The molecule has 2 saturated heterocycles. The summed E-state index contributed by atoms with van der Waals surface area (Å²) in [5.74, 6) is 0.382. The van der Waals surface area contributed by atoms with Crippen LogP contribution in [0.4, 0.5) is 5.69 Å². The van der Waals surface area contributed by atoms with E-state index in [0.717, 1.165) is 44.5 Å². The fourth-order valence-electron chi connectivity index (χ4n) is 4.60. The van der Waals surface area contributed by atoms with Crippen LogP contribution in [0.2, 0.25) is 0 Å². The van der Waals surface area contributed by atoms with E-state index in [1.807, 2.05) is 35.2 Å². The van der Waals surface area contributed by atoms with Crippen LogP contribution >= 0.6 is 0 Å². The van der Waals surface area contributed by atoms with Crippen molar-refractivity contribution in [2.45, 2.75) is 38.5 Å². The van der Waals surface area contributed by atoms with Crippen molar-refractivity contribution in [2.75, 3.05) is 38.1 Å². The van der Waals surface area contributed by atoms with Gasteiger partial charge >= 0.3 is 0 Å². The van der Waals surface area contributed by atoms with E-state index in [0.29, 0.717) is 30.9 Å². The molecule has 0 aromatic heterocycles. The fourth-order valence-corrected chi connectivity index (χ4v) is 4.60. The number of para-hydroxylation sites is 1. The van der Waals surface area contributed by atoms with Crippen LogP contribution in [0.3, 0.4) is 0 Å². The fraction of sp³-hybridized carbons (Fsp3) is 0.444. The molecule has 2 aliphatic heterocycles. The minimum atomic E-state index is -0.269. The number of hydrogen-bond donors (Lipinski definition) is 1. The number of nitrogens with zero attached hydrogens (tertiary/aromatic N) is 2. The maximum Gasteiger partial charge on any atom is 0.253 e. The average Bonchev–Trinajstić information content (AvgIpc) is 2.89. The molecule has 0 aliphatic carbocycles. The number of likely N-dealkylation sites (tertiary alicyclic amines) is 2. The maximum atomic E-state index is 12.9. The number of anilines is 1. The van der Waals surface area contributed by atoms with E-state index in [2.05, 4.69) is 5.32 Å². The lowest BCUT2D eigenvalue weighted by Gasteiger charge is -2.32. The third kappa shape index (κ3) is 6.37. The number of amides is 3. The normalized spacial score (nSPS) is 18.3. The number of nitrogens with one attached hydrogen (secondary N) is 1. The van der Waals surface area contributed by atoms with Crippen LogP contribution in [0.25, 0.3) is 0 Å². The van der Waals surface area contributed by atoms with Crippen LogP contribution in [0, 0.1) is 5.92 Å². The summed E-state index contributed by atoms with van der Waals surface area (Å²) in [5, 5.41) is 2.96. The van der Waals surface area contributed by atoms with Crippen LogP contribution in [0.5, 0.6) is 5.75 Å². The molecule has 7 nitrogen and oxygen atoms in total. The molecule has 180 valence electrons. The van der Waals surface area contributed by atoms with Crippen molar-refractivity contribution in [3.63, 3.8) is 0 Å². The molecule has 1 atom stereocenters. The third-order valence-electron chi connectivity index (χ3n) is 6.49. The van der Waals surface area contributed by atoms with Crippen molar-refractivity contribution < 1.29 is 19.1 Å². The van der Waals surface area contributed by atoms with Gasteiger partial charge in [0.25, 0.3) is 5.91 Å². The Kier molecular flexibility index (Phi) is 8.17. The molecule has 2 aromatic carbocycles. The van der Waals surface area contributed by atoms with E-state index in [1.54, 1.807) is 29.2 Å². The van der Waals surface area contributed by atoms with Gasteiger partial charge in [0.2, 0.25) is 11.8 Å². The molecule has 1 unspecified atom stereocenters. The van der Waals surface area contributed by atoms with E-state index in [1.165, 1.54) is 6.42 Å². The minimum Gasteiger partial charge on any atom is -0.493 e. The number of carbonyl (C=O) groups is 3. The van der Waals surface area contributed by atoms with Crippen LogP contribution < -0.4 is 10.1 Å². The van der Waals surface area contributed by atoms with Gasteiger partial charge in [-0.25, -0.2) is 0 Å². The molecule has 34 heavy (non-hydrogen) atoms. The SMILES string of the molecule is O=C(Nc1cccc(C(=O)N2CCCCC2)c1)C1CCCN(C(=O)CCOc2ccccc2)C1. The third-order valence-corrected chi connectivity index (χ3v) is 6.49. The number of piperidine rings is 2. The number of benzene rings is 2. The second kappa shape index (κ2) is 11.7. The molecule has 0 saturated carbocycles. The van der Waals surface area contributed by atoms with E-state index < -0.39 is 0 Å². The first-order valence-corrected chi connectivity index (χ1v) is 12.3. The van der Waals surface area contributed by atoms with Gasteiger partial charge in [-0.1, -0.05) is 24.3 Å². The summed E-state index contributed by atoms with van der Waals surface area (Å²) in [4.78, 5) is 42.0. The van der Waals surface area contributed by atoms with Gasteiger partial charge in [-0.05, 0) is 62.4 Å². The van der Waals surface area contributed by atoms with E-state index in [9.17, 15) is 14.4 Å². The Morgan fingerprint density at radius 1 is 0.882 bits per heavy atom. The largest absolute Gasteiger partial charge is 0.493 e. The zero-order chi connectivity index (χ0) is 23.8. The van der Waals surface area contributed by atoms with Crippen molar-refractivity contribution in [2.24, 2.45) is 5.92 Å². The highest BCUT2D eigenvalue weighted by Crippen LogP contribution is 2.21. The summed E-state index contributed by atoms with van der Waals surface area (Å²) in [6.07, 6.45) is 5.05. The molecule has 4 rings (SSSR count). The van der Waals surface area contributed by atoms with E-state index >= 15 is 0 Å². The molecule has 0 radical (unpaired) electrons. The molecule has 0 spiro atoms. The summed E-state index contributed by atoms with van der Waals surface area (Å²) >= 11 is 0. The van der Waals surface area contributed by atoms with Crippen LogP contribution in [-0.4, -0.2) is 60.3 Å². The molecule has 7 heteroatoms. The van der Waals surface area contributed by atoms with Gasteiger partial charge in [0.15, 0.2) is 0 Å². The molecular formula is C27H33N3O4. The molecule has 2 fully saturated rings. The van der Waals surface area contributed by atoms with Gasteiger partial charge in [-0.2, -0.15) is 0 Å². The predicted octanol–water partition coefficient (Wildman–Crippen LogP) is 3.96. The Morgan fingerprint density at radius 3 is 2.44 bits per heavy atom. The van der Waals surface area contributed by atoms with Gasteiger partial charge in [0.1, 0.15) is 5.75 Å². The van der Waals surface area contributed by atoms with Crippen molar-refractivity contribution in [1.29, 1.82) is 0 Å². The summed E-state index contributed by atoms with van der Waals surface area (Å²) in [6, 6.07) is 16.6. The highest BCUT2D eigenvalue weighted by atomic mass is 16.5. The van der Waals surface area contributed by atoms with Crippen molar-refractivity contribution >= 4 is 23.4 Å². The predicted molar refractivity (Wildman–Crippen MR) is 131 cm³/mol. The molecule has 1 N–H and O–H groups in total. The Hall–Kier alpha value is -3.35. The second-order valence-electron chi connectivity index (χ2n) is 9.01. The Labute approximate surface area is 201 Å². The highest BCUT2D eigenvalue weighted by molar-refractivity contribution is 5.98. The standard InChI is InChI=1S/C27H33N3O4/c31-25(14-18-34-24-12-3-1-4-13-24)30-17-8-10-22(20-30)26(32)28-23-11-7-9-21(19-23)27(33)29-15-5-2-6-16-29/h1,3-4,7,9,11-13,19,22H,2,5-6,8,10,14-18,20H2,(H,28,32). The molecule has 2 heterocycles. The molecule has 2 aliphatic rings. The van der Waals surface area contributed by atoms with Crippen LogP contribution in [0.15, 0.2) is 54.6 Å². The highest BCUT2D eigenvalue weighted by Gasteiger charge is 2.28. The van der Waals surface area contributed by atoms with Gasteiger partial charge in [0, 0.05) is 37.4 Å². The summed E-state index contributed by atoms with van der Waals surface area (Å²) in [6.45, 7) is 2.96. The zero-order valence-electron chi connectivity index (χ0n) is 19.6. The van der Waals surface area contributed by atoms with E-state index in [4.69, 9.17) is 4.74 Å². The lowest BCUT2D eigenvalue weighted by Crippen LogP contribution is -2.44. The smallest absolute Gasteiger partial charge is 0.253 e.